The van der Waals surface area contributed by atoms with Crippen LogP contribution in [0.15, 0.2) is 43.2 Å². The van der Waals surface area contributed by atoms with Crippen LogP contribution in [-0.4, -0.2) is 88.6 Å². The van der Waals surface area contributed by atoms with Gasteiger partial charge in [0.25, 0.3) is 11.8 Å². The number of β-lactam (4-membered cyclic amide) rings is 1. The molecule has 0 spiro atoms. The van der Waals surface area contributed by atoms with Gasteiger partial charge in [-0.2, -0.15) is 4.73 Å². The van der Waals surface area contributed by atoms with Gasteiger partial charge in [-0.25, -0.2) is 9.78 Å². The molecule has 5 rings (SSSR count). The highest BCUT2D eigenvalue weighted by molar-refractivity contribution is 8.01. The summed E-state index contributed by atoms with van der Waals surface area (Å²) in [5, 5.41) is 35.8. The number of carboxylic acids is 1. The largest absolute Gasteiger partial charge is 0.503 e. The Hall–Kier alpha value is -4.14. The third-order valence-electron chi connectivity index (χ3n) is 6.03. The number of thiazole rings is 1. The number of thioether (sulfide) groups is 2. The van der Waals surface area contributed by atoms with Crippen molar-refractivity contribution in [2.24, 2.45) is 5.16 Å². The van der Waals surface area contributed by atoms with Crippen molar-refractivity contribution in [3.05, 3.63) is 55.5 Å². The van der Waals surface area contributed by atoms with Gasteiger partial charge in [-0.05, 0) is 12.5 Å². The van der Waals surface area contributed by atoms with Crippen molar-refractivity contribution in [2.75, 3.05) is 24.3 Å². The number of fused-ring (bicyclic) bond motifs is 1. The molecule has 3 aromatic rings. The number of oxime groups is 1. The van der Waals surface area contributed by atoms with Gasteiger partial charge < -0.3 is 30.9 Å². The summed E-state index contributed by atoms with van der Waals surface area (Å²) >= 11 is 5.10. The van der Waals surface area contributed by atoms with E-state index in [1.807, 2.05) is 6.92 Å². The maximum Gasteiger partial charge on any atom is 0.352 e. The lowest BCUT2D eigenvalue weighted by atomic mass is 10.0. The molecule has 226 valence electrons. The number of nitrogens with two attached hydrogens (primary N) is 1. The van der Waals surface area contributed by atoms with Crippen LogP contribution in [0.2, 0.25) is 0 Å². The molecule has 3 aromatic heterocycles. The second-order valence-electron chi connectivity index (χ2n) is 8.80. The Morgan fingerprint density at radius 2 is 2.12 bits per heavy atom. The quantitative estimate of drug-likeness (QED) is 0.0933. The van der Waals surface area contributed by atoms with E-state index in [1.165, 1.54) is 52.3 Å². The van der Waals surface area contributed by atoms with E-state index in [0.29, 0.717) is 21.4 Å². The van der Waals surface area contributed by atoms with Crippen molar-refractivity contribution in [2.45, 2.75) is 29.3 Å². The predicted molar refractivity (Wildman–Crippen MR) is 158 cm³/mol. The van der Waals surface area contributed by atoms with Gasteiger partial charge in [-0.1, -0.05) is 28.3 Å². The molecule has 5 N–H and O–H groups in total. The molecule has 2 amide bonds. The Balaban J connectivity index is 1.31. The third-order valence-corrected chi connectivity index (χ3v) is 10.1. The number of carbonyl (C=O) groups is 3. The van der Waals surface area contributed by atoms with Crippen LogP contribution < -0.4 is 21.3 Å². The Bertz CT molecular complexity index is 1720. The number of nitrogen functional groups attached to an aromatic ring is 1. The molecule has 43 heavy (non-hydrogen) atoms. The van der Waals surface area contributed by atoms with Crippen LogP contribution in [0.1, 0.15) is 16.4 Å². The van der Waals surface area contributed by atoms with Crippen molar-refractivity contribution in [1.82, 2.24) is 30.1 Å². The van der Waals surface area contributed by atoms with E-state index in [4.69, 9.17) is 15.4 Å². The van der Waals surface area contributed by atoms with Crippen LogP contribution in [0, 0.1) is 6.92 Å². The SMILES string of the molecule is COn1cc(O)c(=O)cc1CO/N=C(\C(=O)N[C@@H]1C(=O)N2C(C(=O)O)=C(CSc3nnc(C)s3)CS[C@H]12)c1csc(N)n1. The molecule has 2 aliphatic heterocycles. The molecule has 1 fully saturated rings. The van der Waals surface area contributed by atoms with Gasteiger partial charge in [0.05, 0.1) is 6.20 Å². The minimum absolute atomic E-state index is 0.0760. The van der Waals surface area contributed by atoms with E-state index < -0.39 is 40.4 Å². The number of carbonyl (C=O) groups excluding carboxylic acids is 2. The predicted octanol–water partition coefficient (Wildman–Crippen LogP) is 0.263. The molecule has 0 saturated carbocycles. The van der Waals surface area contributed by atoms with E-state index in [9.17, 15) is 29.4 Å². The zero-order valence-electron chi connectivity index (χ0n) is 22.2. The molecule has 20 heteroatoms. The second-order valence-corrected chi connectivity index (χ2v) is 13.2. The van der Waals surface area contributed by atoms with E-state index >= 15 is 0 Å². The number of aromatic nitrogens is 4. The Kier molecular flexibility index (Phi) is 8.89. The van der Waals surface area contributed by atoms with Crippen molar-refractivity contribution in [3.8, 4) is 5.75 Å². The minimum atomic E-state index is -1.25. The molecule has 5 heterocycles. The first-order valence-electron chi connectivity index (χ1n) is 12.1. The standard InChI is InChI=1S/C23H22N8O8S4/c1-9-27-28-23(43-9)42-7-10-6-40-20-16(19(35)31(20)17(10)21(36)37)26-18(34)15(12-8-41-22(24)25-12)29-39-5-11-3-13(32)14(33)4-30(11)38-2/h3-4,8,16,20,33H,5-7H2,1-2H3,(H2,24,25)(H,26,34)(H,36,37)/b29-15-/t16-,20-/m1/s1. The van der Waals surface area contributed by atoms with Crippen molar-refractivity contribution >= 4 is 74.8 Å². The summed E-state index contributed by atoms with van der Waals surface area (Å²) in [6.45, 7) is 1.48. The lowest BCUT2D eigenvalue weighted by Gasteiger charge is -2.49. The fraction of sp³-hybridized carbons (Fsp3) is 0.304. The maximum atomic E-state index is 13.3. The average Bonchev–Trinajstić information content (AvgIpc) is 3.60. The first-order chi connectivity index (χ1) is 20.6. The zero-order valence-corrected chi connectivity index (χ0v) is 25.5. The number of nitrogens with zero attached hydrogens (tertiary/aromatic N) is 6. The summed E-state index contributed by atoms with van der Waals surface area (Å²) in [6, 6.07) is 0.0373. The second kappa shape index (κ2) is 12.6. The van der Waals surface area contributed by atoms with Gasteiger partial charge in [0, 0.05) is 23.0 Å². The lowest BCUT2D eigenvalue weighted by molar-refractivity contribution is -0.150. The molecule has 0 bridgehead atoms. The molecular formula is C23H22N8O8S4. The fourth-order valence-corrected chi connectivity index (χ4v) is 7.92. The monoisotopic (exact) mass is 666 g/mol. The van der Waals surface area contributed by atoms with Crippen LogP contribution in [0.5, 0.6) is 5.75 Å². The van der Waals surface area contributed by atoms with Crippen LogP contribution >= 0.6 is 46.2 Å². The average molecular weight is 667 g/mol. The first kappa shape index (κ1) is 30.3. The first-order valence-corrected chi connectivity index (χ1v) is 15.8. The minimum Gasteiger partial charge on any atom is -0.503 e. The number of aliphatic carboxylic acids is 1. The summed E-state index contributed by atoms with van der Waals surface area (Å²) < 4.78 is 1.78. The third kappa shape index (κ3) is 6.31. The zero-order chi connectivity index (χ0) is 30.8. The van der Waals surface area contributed by atoms with Crippen molar-refractivity contribution < 1.29 is 34.3 Å². The molecule has 0 aromatic carbocycles. The number of amides is 2. The molecule has 2 atom stereocenters. The van der Waals surface area contributed by atoms with Gasteiger partial charge in [0.15, 0.2) is 27.5 Å². The summed E-state index contributed by atoms with van der Waals surface area (Å²) in [7, 11) is 1.31. The Morgan fingerprint density at radius 1 is 1.33 bits per heavy atom. The van der Waals surface area contributed by atoms with Crippen LogP contribution in [0.25, 0.3) is 0 Å². The number of hydrogen-bond acceptors (Lipinski definition) is 16. The molecule has 0 radical (unpaired) electrons. The van der Waals surface area contributed by atoms with E-state index in [-0.39, 0.29) is 34.5 Å². The maximum absolute atomic E-state index is 13.3. The number of hydrogen-bond donors (Lipinski definition) is 4. The van der Waals surface area contributed by atoms with Gasteiger partial charge in [0.2, 0.25) is 5.43 Å². The molecule has 16 nitrogen and oxygen atoms in total. The Morgan fingerprint density at radius 3 is 2.77 bits per heavy atom. The smallest absolute Gasteiger partial charge is 0.352 e. The number of anilines is 1. The number of pyridine rings is 1. The lowest BCUT2D eigenvalue weighted by Crippen LogP contribution is -2.71. The summed E-state index contributed by atoms with van der Waals surface area (Å²) in [5.41, 5.74) is 5.46. The number of carboxylic acid groups (broad SMARTS) is 1. The Labute approximate surface area is 258 Å². The molecular weight excluding hydrogens is 645 g/mol. The topological polar surface area (TPSA) is 224 Å². The molecule has 0 unspecified atom stereocenters. The summed E-state index contributed by atoms with van der Waals surface area (Å²) in [4.78, 5) is 66.2. The van der Waals surface area contributed by atoms with Gasteiger partial charge >= 0.3 is 5.97 Å². The van der Waals surface area contributed by atoms with Gasteiger partial charge in [-0.3, -0.25) is 19.3 Å². The van der Waals surface area contributed by atoms with Crippen LogP contribution in [-0.2, 0) is 25.8 Å². The highest BCUT2D eigenvalue weighted by Crippen LogP contribution is 2.41. The van der Waals surface area contributed by atoms with E-state index in [0.717, 1.165) is 33.3 Å². The molecule has 0 aliphatic carbocycles. The highest BCUT2D eigenvalue weighted by Gasteiger charge is 2.54. The fourth-order valence-electron chi connectivity index (χ4n) is 4.08. The number of aryl methyl sites for hydroxylation is 1. The normalized spacial score (nSPS) is 18.2. The van der Waals surface area contributed by atoms with Crippen molar-refractivity contribution in [3.63, 3.8) is 0 Å². The highest BCUT2D eigenvalue weighted by atomic mass is 32.2. The van der Waals surface area contributed by atoms with E-state index in [1.54, 1.807) is 0 Å². The number of rotatable bonds is 11. The van der Waals surface area contributed by atoms with Gasteiger partial charge in [0.1, 0.15) is 40.6 Å². The van der Waals surface area contributed by atoms with Crippen LogP contribution in [0.4, 0.5) is 5.13 Å². The molecule has 1 saturated heterocycles. The van der Waals surface area contributed by atoms with E-state index in [2.05, 4.69) is 25.7 Å². The van der Waals surface area contributed by atoms with Gasteiger partial charge in [-0.15, -0.1) is 33.3 Å². The molecule has 2 aliphatic rings. The number of nitrogens with one attached hydrogen (secondary N) is 1. The number of aromatic hydroxyl groups is 1. The summed E-state index contributed by atoms with van der Waals surface area (Å²) in [6.07, 6.45) is 1.05. The summed E-state index contributed by atoms with van der Waals surface area (Å²) in [5.74, 6) is -2.55. The van der Waals surface area contributed by atoms with Crippen LogP contribution in [0.3, 0.4) is 0 Å². The van der Waals surface area contributed by atoms with Crippen molar-refractivity contribution in [1.29, 1.82) is 0 Å².